The molecule has 1 aromatic carbocycles. The first-order valence-corrected chi connectivity index (χ1v) is 6.36. The molecule has 0 spiro atoms. The first kappa shape index (κ1) is 13.1. The Hall–Kier alpha value is -1.39. The normalized spacial score (nSPS) is 24.0. The van der Waals surface area contributed by atoms with Gasteiger partial charge in [0.2, 0.25) is 5.91 Å². The van der Waals surface area contributed by atoms with Gasteiger partial charge in [-0.2, -0.15) is 0 Å². The van der Waals surface area contributed by atoms with E-state index in [1.807, 2.05) is 42.2 Å². The molecule has 1 heterocycles. The fraction of sp³-hybridized carbons (Fsp3) is 0.500. The average molecular weight is 248 g/mol. The number of benzene rings is 1. The summed E-state index contributed by atoms with van der Waals surface area (Å²) >= 11 is 0. The molecule has 0 radical (unpaired) electrons. The number of nitrogens with zero attached hydrogens (tertiary/aromatic N) is 1. The predicted octanol–water partition coefficient (Wildman–Crippen LogP) is 0.804. The average Bonchev–Trinajstić information content (AvgIpc) is 2.39. The lowest BCUT2D eigenvalue weighted by Crippen LogP contribution is -2.51. The summed E-state index contributed by atoms with van der Waals surface area (Å²) in [6.45, 7) is 3.69. The third-order valence-corrected chi connectivity index (χ3v) is 3.14. The summed E-state index contributed by atoms with van der Waals surface area (Å²) in [5.74, 6) is 0.148. The highest BCUT2D eigenvalue weighted by atomic mass is 16.5. The van der Waals surface area contributed by atoms with E-state index in [2.05, 4.69) is 0 Å². The lowest BCUT2D eigenvalue weighted by atomic mass is 10.1. The molecule has 1 fully saturated rings. The van der Waals surface area contributed by atoms with E-state index in [1.165, 1.54) is 0 Å². The lowest BCUT2D eigenvalue weighted by molar-refractivity contribution is -0.142. The van der Waals surface area contributed by atoms with Crippen LogP contribution in [0.1, 0.15) is 12.5 Å². The van der Waals surface area contributed by atoms with E-state index in [0.717, 1.165) is 5.56 Å². The van der Waals surface area contributed by atoms with Gasteiger partial charge in [-0.05, 0) is 12.5 Å². The topological polar surface area (TPSA) is 55.6 Å². The Morgan fingerprint density at radius 1 is 1.39 bits per heavy atom. The van der Waals surface area contributed by atoms with Crippen molar-refractivity contribution in [2.75, 3.05) is 19.6 Å². The fourth-order valence-corrected chi connectivity index (χ4v) is 2.26. The van der Waals surface area contributed by atoms with Crippen molar-refractivity contribution in [3.8, 4) is 0 Å². The number of hydrogen-bond donors (Lipinski definition) is 1. The quantitative estimate of drug-likeness (QED) is 0.861. The lowest BCUT2D eigenvalue weighted by Gasteiger charge is -2.36. The van der Waals surface area contributed by atoms with Gasteiger partial charge in [-0.25, -0.2) is 0 Å². The molecule has 0 aliphatic carbocycles. The molecular formula is C14H20N2O2. The monoisotopic (exact) mass is 248 g/mol. The Kier molecular flexibility index (Phi) is 4.33. The van der Waals surface area contributed by atoms with Gasteiger partial charge in [0.05, 0.1) is 18.6 Å². The Morgan fingerprint density at radius 2 is 2.11 bits per heavy atom. The minimum absolute atomic E-state index is 0.0338. The molecule has 4 heteroatoms. The highest BCUT2D eigenvalue weighted by Crippen LogP contribution is 2.12. The number of carbonyl (C=O) groups is 1. The van der Waals surface area contributed by atoms with Crippen LogP contribution in [0.2, 0.25) is 0 Å². The van der Waals surface area contributed by atoms with Crippen LogP contribution in [0.25, 0.3) is 0 Å². The van der Waals surface area contributed by atoms with E-state index in [9.17, 15) is 4.79 Å². The molecule has 0 saturated carbocycles. The van der Waals surface area contributed by atoms with Gasteiger partial charge in [0.15, 0.2) is 0 Å². The molecule has 18 heavy (non-hydrogen) atoms. The van der Waals surface area contributed by atoms with Crippen LogP contribution in [0, 0.1) is 0 Å². The number of ether oxygens (including phenoxy) is 1. The number of nitrogens with two attached hydrogens (primary N) is 1. The van der Waals surface area contributed by atoms with Crippen molar-refractivity contribution >= 4 is 5.91 Å². The highest BCUT2D eigenvalue weighted by Gasteiger charge is 2.27. The van der Waals surface area contributed by atoms with Crippen molar-refractivity contribution in [1.29, 1.82) is 0 Å². The number of amides is 1. The van der Waals surface area contributed by atoms with E-state index < -0.39 is 0 Å². The van der Waals surface area contributed by atoms with Crippen molar-refractivity contribution in [1.82, 2.24) is 4.90 Å². The van der Waals surface area contributed by atoms with Crippen LogP contribution >= 0.6 is 0 Å². The molecule has 2 N–H and O–H groups in total. The molecule has 1 amide bonds. The molecule has 2 atom stereocenters. The standard InChI is InChI=1S/C14H20N2O2/c1-11-9-16(10-13(8-15)18-11)14(17)7-12-5-3-2-4-6-12/h2-6,11,13H,7-10,15H2,1H3. The van der Waals surface area contributed by atoms with Crippen molar-refractivity contribution in [3.05, 3.63) is 35.9 Å². The molecule has 2 rings (SSSR count). The molecule has 4 nitrogen and oxygen atoms in total. The fourth-order valence-electron chi connectivity index (χ4n) is 2.26. The second-order valence-corrected chi connectivity index (χ2v) is 4.77. The number of carbonyl (C=O) groups excluding carboxylic acids is 1. The molecule has 1 aliphatic heterocycles. The third kappa shape index (κ3) is 3.31. The van der Waals surface area contributed by atoms with Crippen LogP contribution in [0.5, 0.6) is 0 Å². The van der Waals surface area contributed by atoms with Crippen LogP contribution in [-0.4, -0.2) is 42.6 Å². The van der Waals surface area contributed by atoms with Crippen LogP contribution < -0.4 is 5.73 Å². The van der Waals surface area contributed by atoms with E-state index in [0.29, 0.717) is 26.1 Å². The number of rotatable bonds is 3. The molecule has 2 unspecified atom stereocenters. The summed E-state index contributed by atoms with van der Waals surface area (Å²) < 4.78 is 5.65. The molecule has 1 saturated heterocycles. The second-order valence-electron chi connectivity index (χ2n) is 4.77. The van der Waals surface area contributed by atoms with Gasteiger partial charge in [-0.15, -0.1) is 0 Å². The molecule has 0 aromatic heterocycles. The SMILES string of the molecule is CC1CN(C(=O)Cc2ccccc2)CC(CN)O1. The van der Waals surface area contributed by atoms with E-state index in [-0.39, 0.29) is 18.1 Å². The zero-order chi connectivity index (χ0) is 13.0. The van der Waals surface area contributed by atoms with Crippen LogP contribution in [-0.2, 0) is 16.0 Å². The number of morpholine rings is 1. The third-order valence-electron chi connectivity index (χ3n) is 3.14. The molecular weight excluding hydrogens is 228 g/mol. The van der Waals surface area contributed by atoms with E-state index in [4.69, 9.17) is 10.5 Å². The van der Waals surface area contributed by atoms with Gasteiger partial charge in [0.1, 0.15) is 0 Å². The molecule has 1 aliphatic rings. The second kappa shape index (κ2) is 5.98. The molecule has 1 aromatic rings. The minimum atomic E-state index is -0.0338. The van der Waals surface area contributed by atoms with Crippen LogP contribution in [0.3, 0.4) is 0 Å². The van der Waals surface area contributed by atoms with Gasteiger partial charge < -0.3 is 15.4 Å². The van der Waals surface area contributed by atoms with Crippen molar-refractivity contribution < 1.29 is 9.53 Å². The first-order valence-electron chi connectivity index (χ1n) is 6.36. The Morgan fingerprint density at radius 3 is 2.78 bits per heavy atom. The van der Waals surface area contributed by atoms with Gasteiger partial charge in [0, 0.05) is 19.6 Å². The zero-order valence-electron chi connectivity index (χ0n) is 10.7. The maximum Gasteiger partial charge on any atom is 0.227 e. The smallest absolute Gasteiger partial charge is 0.227 e. The maximum atomic E-state index is 12.2. The summed E-state index contributed by atoms with van der Waals surface area (Å²) in [5.41, 5.74) is 6.66. The largest absolute Gasteiger partial charge is 0.370 e. The van der Waals surface area contributed by atoms with Gasteiger partial charge in [-0.3, -0.25) is 4.79 Å². The van der Waals surface area contributed by atoms with Gasteiger partial charge in [-0.1, -0.05) is 30.3 Å². The van der Waals surface area contributed by atoms with Gasteiger partial charge >= 0.3 is 0 Å². The predicted molar refractivity (Wildman–Crippen MR) is 70.1 cm³/mol. The minimum Gasteiger partial charge on any atom is -0.370 e. The Balaban J connectivity index is 1.96. The molecule has 98 valence electrons. The van der Waals surface area contributed by atoms with Crippen LogP contribution in [0.4, 0.5) is 0 Å². The van der Waals surface area contributed by atoms with Gasteiger partial charge in [0.25, 0.3) is 0 Å². The molecule has 0 bridgehead atoms. The summed E-state index contributed by atoms with van der Waals surface area (Å²) in [6.07, 6.45) is 0.477. The van der Waals surface area contributed by atoms with Crippen molar-refractivity contribution in [3.63, 3.8) is 0 Å². The Labute approximate surface area is 108 Å². The number of hydrogen-bond acceptors (Lipinski definition) is 3. The first-order chi connectivity index (χ1) is 8.69. The zero-order valence-corrected chi connectivity index (χ0v) is 10.7. The van der Waals surface area contributed by atoms with Crippen LogP contribution in [0.15, 0.2) is 30.3 Å². The summed E-state index contributed by atoms with van der Waals surface area (Å²) in [5, 5.41) is 0. The van der Waals surface area contributed by atoms with E-state index >= 15 is 0 Å². The summed E-state index contributed by atoms with van der Waals surface area (Å²) in [4.78, 5) is 14.1. The van der Waals surface area contributed by atoms with Crippen molar-refractivity contribution in [2.45, 2.75) is 25.6 Å². The summed E-state index contributed by atoms with van der Waals surface area (Å²) in [7, 11) is 0. The maximum absolute atomic E-state index is 12.2. The van der Waals surface area contributed by atoms with Crippen molar-refractivity contribution in [2.24, 2.45) is 5.73 Å². The highest BCUT2D eigenvalue weighted by molar-refractivity contribution is 5.78. The van der Waals surface area contributed by atoms with E-state index in [1.54, 1.807) is 0 Å². The summed E-state index contributed by atoms with van der Waals surface area (Å²) in [6, 6.07) is 9.81. The Bertz CT molecular complexity index is 394.